The molecule has 0 aromatic carbocycles. The van der Waals surface area contributed by atoms with Crippen molar-refractivity contribution in [3.63, 3.8) is 0 Å². The van der Waals surface area contributed by atoms with E-state index in [-0.39, 0.29) is 17.2 Å². The molecule has 19 heavy (non-hydrogen) atoms. The Labute approximate surface area is 115 Å². The molecule has 0 amide bonds. The predicted molar refractivity (Wildman–Crippen MR) is 74.4 cm³/mol. The maximum Gasteiger partial charge on any atom is 0.498 e. The maximum atomic E-state index is 9.37. The Morgan fingerprint density at radius 1 is 1.32 bits per heavy atom. The zero-order valence-corrected chi connectivity index (χ0v) is 12.1. The van der Waals surface area contributed by atoms with Crippen molar-refractivity contribution in [3.8, 4) is 0 Å². The second-order valence-electron chi connectivity index (χ2n) is 6.07. The smallest absolute Gasteiger partial charge is 0.401 e. The van der Waals surface area contributed by atoms with Crippen molar-refractivity contribution in [3.05, 3.63) is 12.4 Å². The highest BCUT2D eigenvalue weighted by molar-refractivity contribution is 6.62. The highest BCUT2D eigenvalue weighted by Crippen LogP contribution is 2.36. The molecular weight excluding hydrogens is 242 g/mol. The summed E-state index contributed by atoms with van der Waals surface area (Å²) in [5.74, 6) is 0. The van der Waals surface area contributed by atoms with Gasteiger partial charge in [0, 0.05) is 23.9 Å². The SMILES string of the molecule is [B]C(O)C(C)n1cc(B2OC(C)(C)C(C)(C)O2)cn1. The van der Waals surface area contributed by atoms with Crippen LogP contribution in [-0.2, 0) is 9.31 Å². The Morgan fingerprint density at radius 3 is 2.32 bits per heavy atom. The summed E-state index contributed by atoms with van der Waals surface area (Å²) in [6, 6.07) is -1.25. The molecule has 1 aromatic heterocycles. The molecule has 2 radical (unpaired) electrons. The van der Waals surface area contributed by atoms with Crippen LogP contribution in [-0.4, -0.2) is 47.1 Å². The molecule has 2 atom stereocenters. The Hall–Kier alpha value is -0.780. The van der Waals surface area contributed by atoms with Crippen LogP contribution in [0.3, 0.4) is 0 Å². The van der Waals surface area contributed by atoms with Gasteiger partial charge in [0.15, 0.2) is 0 Å². The van der Waals surface area contributed by atoms with Crippen molar-refractivity contribution in [1.29, 1.82) is 0 Å². The van der Waals surface area contributed by atoms with Gasteiger partial charge in [-0.15, -0.1) is 0 Å². The van der Waals surface area contributed by atoms with Gasteiger partial charge in [0.25, 0.3) is 0 Å². The van der Waals surface area contributed by atoms with Crippen molar-refractivity contribution in [2.45, 2.75) is 57.9 Å². The number of hydrogen-bond donors (Lipinski definition) is 1. The summed E-state index contributed by atoms with van der Waals surface area (Å²) in [5, 5.41) is 13.6. The summed E-state index contributed by atoms with van der Waals surface area (Å²) in [6.45, 7) is 9.81. The third-order valence-electron chi connectivity index (χ3n) is 4.06. The average molecular weight is 262 g/mol. The van der Waals surface area contributed by atoms with Crippen molar-refractivity contribution < 1.29 is 14.4 Å². The highest BCUT2D eigenvalue weighted by Gasteiger charge is 2.52. The molecule has 1 saturated heterocycles. The summed E-state index contributed by atoms with van der Waals surface area (Å²) in [7, 11) is 5.01. The van der Waals surface area contributed by atoms with Crippen LogP contribution >= 0.6 is 0 Å². The lowest BCUT2D eigenvalue weighted by molar-refractivity contribution is 0.00578. The Bertz CT molecular complexity index is 444. The third kappa shape index (κ3) is 2.59. The largest absolute Gasteiger partial charge is 0.498 e. The van der Waals surface area contributed by atoms with Crippen LogP contribution in [0.25, 0.3) is 0 Å². The van der Waals surface area contributed by atoms with Gasteiger partial charge in [-0.05, 0) is 34.6 Å². The fraction of sp³-hybridized carbons (Fsp3) is 0.750. The third-order valence-corrected chi connectivity index (χ3v) is 4.06. The first-order valence-electron chi connectivity index (χ1n) is 6.47. The summed E-state index contributed by atoms with van der Waals surface area (Å²) in [4.78, 5) is 0. The summed E-state index contributed by atoms with van der Waals surface area (Å²) >= 11 is 0. The van der Waals surface area contributed by atoms with Gasteiger partial charge in [-0.2, -0.15) is 5.10 Å². The first-order chi connectivity index (χ1) is 8.64. The summed E-state index contributed by atoms with van der Waals surface area (Å²) in [5.41, 5.74) is 0.0727. The molecule has 5 nitrogen and oxygen atoms in total. The number of aliphatic hydroxyl groups excluding tert-OH is 1. The van der Waals surface area contributed by atoms with Crippen LogP contribution in [0.1, 0.15) is 40.7 Å². The first kappa shape index (κ1) is 14.6. The van der Waals surface area contributed by atoms with Gasteiger partial charge in [-0.1, -0.05) is 0 Å². The van der Waals surface area contributed by atoms with Crippen molar-refractivity contribution >= 4 is 20.4 Å². The molecule has 0 saturated carbocycles. The molecule has 1 fully saturated rings. The standard InChI is InChI=1S/C12H20B2N2O3/c1-8(10(13)17)16-7-9(6-15-16)14-18-11(2,3)12(4,5)19-14/h6-8,10,17H,1-5H3. The zero-order valence-electron chi connectivity index (χ0n) is 12.1. The number of rotatable bonds is 3. The quantitative estimate of drug-likeness (QED) is 0.792. The minimum absolute atomic E-state index is 0.295. The van der Waals surface area contributed by atoms with Gasteiger partial charge < -0.3 is 14.4 Å². The lowest BCUT2D eigenvalue weighted by Gasteiger charge is -2.32. The van der Waals surface area contributed by atoms with E-state index in [1.54, 1.807) is 24.0 Å². The lowest BCUT2D eigenvalue weighted by atomic mass is 9.82. The van der Waals surface area contributed by atoms with Gasteiger partial charge in [-0.25, -0.2) is 0 Å². The van der Waals surface area contributed by atoms with Crippen molar-refractivity contribution in [2.75, 3.05) is 0 Å². The van der Waals surface area contributed by atoms with E-state index in [1.165, 1.54) is 0 Å². The van der Waals surface area contributed by atoms with Gasteiger partial charge in [-0.3, -0.25) is 4.68 Å². The second kappa shape index (κ2) is 4.65. The van der Waals surface area contributed by atoms with E-state index < -0.39 is 13.1 Å². The zero-order chi connectivity index (χ0) is 14.4. The van der Waals surface area contributed by atoms with E-state index in [0.717, 1.165) is 5.46 Å². The molecule has 0 spiro atoms. The molecule has 1 aliphatic rings. The fourth-order valence-electron chi connectivity index (χ4n) is 1.83. The second-order valence-corrected chi connectivity index (χ2v) is 6.07. The minimum atomic E-state index is -0.953. The monoisotopic (exact) mass is 262 g/mol. The van der Waals surface area contributed by atoms with Gasteiger partial charge >= 0.3 is 7.12 Å². The van der Waals surface area contributed by atoms with E-state index in [1.807, 2.05) is 27.7 Å². The maximum absolute atomic E-state index is 9.37. The van der Waals surface area contributed by atoms with Crippen LogP contribution in [0.2, 0.25) is 0 Å². The normalized spacial score (nSPS) is 24.4. The van der Waals surface area contributed by atoms with Crippen molar-refractivity contribution in [2.24, 2.45) is 0 Å². The number of nitrogens with zero attached hydrogens (tertiary/aromatic N) is 2. The van der Waals surface area contributed by atoms with Gasteiger partial charge in [0.05, 0.1) is 17.2 Å². The highest BCUT2D eigenvalue weighted by atomic mass is 16.7. The fourth-order valence-corrected chi connectivity index (χ4v) is 1.83. The molecule has 1 aromatic rings. The van der Waals surface area contributed by atoms with E-state index >= 15 is 0 Å². The summed E-state index contributed by atoms with van der Waals surface area (Å²) < 4.78 is 13.5. The van der Waals surface area contributed by atoms with Gasteiger partial charge in [0.2, 0.25) is 0 Å². The molecule has 2 rings (SSSR count). The number of aromatic nitrogens is 2. The molecule has 2 unspecified atom stereocenters. The van der Waals surface area contributed by atoms with Crippen LogP contribution in [0, 0.1) is 0 Å². The van der Waals surface area contributed by atoms with Crippen LogP contribution in [0.5, 0.6) is 0 Å². The van der Waals surface area contributed by atoms with E-state index in [9.17, 15) is 5.11 Å². The molecule has 2 heterocycles. The Balaban J connectivity index is 2.17. The molecule has 1 aliphatic heterocycles. The van der Waals surface area contributed by atoms with Gasteiger partial charge in [0.1, 0.15) is 7.85 Å². The van der Waals surface area contributed by atoms with E-state index in [0.29, 0.717) is 0 Å². The van der Waals surface area contributed by atoms with Crippen LogP contribution < -0.4 is 5.46 Å². The average Bonchev–Trinajstić information content (AvgIpc) is 2.81. The summed E-state index contributed by atoms with van der Waals surface area (Å²) in [6.07, 6.45) is 3.48. The molecule has 0 bridgehead atoms. The molecule has 1 N–H and O–H groups in total. The molecule has 102 valence electrons. The molecule has 0 aliphatic carbocycles. The van der Waals surface area contributed by atoms with E-state index in [2.05, 4.69) is 5.10 Å². The number of hydrogen-bond acceptors (Lipinski definition) is 4. The van der Waals surface area contributed by atoms with Crippen LogP contribution in [0.4, 0.5) is 0 Å². The minimum Gasteiger partial charge on any atom is -0.401 e. The predicted octanol–water partition coefficient (Wildman–Crippen LogP) is 0.230. The first-order valence-corrected chi connectivity index (χ1v) is 6.47. The lowest BCUT2D eigenvalue weighted by Crippen LogP contribution is -2.41. The molecular formula is C12H20B2N2O3. The van der Waals surface area contributed by atoms with Crippen molar-refractivity contribution in [1.82, 2.24) is 9.78 Å². The Kier molecular flexibility index (Phi) is 3.58. The topological polar surface area (TPSA) is 56.5 Å². The number of aliphatic hydroxyl groups is 1. The van der Waals surface area contributed by atoms with E-state index in [4.69, 9.17) is 17.2 Å². The van der Waals surface area contributed by atoms with Crippen LogP contribution in [0.15, 0.2) is 12.4 Å². The Morgan fingerprint density at radius 2 is 1.84 bits per heavy atom. The molecule has 7 heteroatoms.